The summed E-state index contributed by atoms with van der Waals surface area (Å²) < 4.78 is 1.76. The molecule has 2 aromatic heterocycles. The number of hydrogen-bond acceptors (Lipinski definition) is 4. The molecule has 0 unspecified atom stereocenters. The van der Waals surface area contributed by atoms with E-state index < -0.39 is 0 Å². The van der Waals surface area contributed by atoms with E-state index in [0.717, 1.165) is 49.6 Å². The molecule has 6 heteroatoms. The van der Waals surface area contributed by atoms with Gasteiger partial charge in [0.25, 0.3) is 5.91 Å². The lowest BCUT2D eigenvalue weighted by molar-refractivity contribution is 0.0761. The van der Waals surface area contributed by atoms with Gasteiger partial charge in [-0.15, -0.1) is 0 Å². The number of fused-ring (bicyclic) bond motifs is 1. The summed E-state index contributed by atoms with van der Waals surface area (Å²) in [5.74, 6) is 0.0605. The van der Waals surface area contributed by atoms with Crippen LogP contribution in [-0.2, 0) is 0 Å². The summed E-state index contributed by atoms with van der Waals surface area (Å²) in [6.45, 7) is 7.39. The van der Waals surface area contributed by atoms with Gasteiger partial charge in [0.1, 0.15) is 0 Å². The van der Waals surface area contributed by atoms with Gasteiger partial charge in [-0.05, 0) is 33.9 Å². The molecule has 0 spiro atoms. The Balaban J connectivity index is 1.92. The summed E-state index contributed by atoms with van der Waals surface area (Å²) in [6.07, 6.45) is 2.70. The molecule has 0 radical (unpaired) electrons. The fourth-order valence-corrected chi connectivity index (χ4v) is 2.79. The molecule has 0 N–H and O–H groups in total. The van der Waals surface area contributed by atoms with Crippen molar-refractivity contribution in [1.82, 2.24) is 24.4 Å². The van der Waals surface area contributed by atoms with Crippen molar-refractivity contribution in [3.63, 3.8) is 0 Å². The zero-order valence-corrected chi connectivity index (χ0v) is 12.8. The van der Waals surface area contributed by atoms with Gasteiger partial charge in [-0.25, -0.2) is 9.50 Å². The van der Waals surface area contributed by atoms with Crippen LogP contribution in [0.1, 0.15) is 28.2 Å². The van der Waals surface area contributed by atoms with Gasteiger partial charge in [-0.3, -0.25) is 4.79 Å². The Labute approximate surface area is 124 Å². The lowest BCUT2D eigenvalue weighted by Crippen LogP contribution is -2.35. The Morgan fingerprint density at radius 3 is 2.81 bits per heavy atom. The molecule has 6 nitrogen and oxygen atoms in total. The first kappa shape index (κ1) is 14.0. The molecule has 1 saturated heterocycles. The van der Waals surface area contributed by atoms with Crippen LogP contribution < -0.4 is 0 Å². The second kappa shape index (κ2) is 5.44. The highest BCUT2D eigenvalue weighted by atomic mass is 16.2. The molecule has 1 aliphatic rings. The van der Waals surface area contributed by atoms with Crippen LogP contribution in [0.4, 0.5) is 0 Å². The molecular formula is C15H21N5O. The Hall–Kier alpha value is -1.95. The molecule has 0 atom stereocenters. The van der Waals surface area contributed by atoms with E-state index >= 15 is 0 Å². The van der Waals surface area contributed by atoms with E-state index in [2.05, 4.69) is 22.0 Å². The first-order valence-electron chi connectivity index (χ1n) is 7.36. The van der Waals surface area contributed by atoms with Gasteiger partial charge in [-0.1, -0.05) is 0 Å². The molecule has 1 aliphatic heterocycles. The summed E-state index contributed by atoms with van der Waals surface area (Å²) in [4.78, 5) is 21.3. The number of rotatable bonds is 1. The molecule has 21 heavy (non-hydrogen) atoms. The van der Waals surface area contributed by atoms with Crippen molar-refractivity contribution < 1.29 is 4.79 Å². The Morgan fingerprint density at radius 1 is 1.19 bits per heavy atom. The fraction of sp³-hybridized carbons (Fsp3) is 0.533. The fourth-order valence-electron chi connectivity index (χ4n) is 2.79. The predicted molar refractivity (Wildman–Crippen MR) is 80.5 cm³/mol. The highest BCUT2D eigenvalue weighted by Gasteiger charge is 2.22. The first-order chi connectivity index (χ1) is 10.1. The van der Waals surface area contributed by atoms with Crippen LogP contribution in [0.5, 0.6) is 0 Å². The summed E-state index contributed by atoms with van der Waals surface area (Å²) >= 11 is 0. The minimum atomic E-state index is 0.0605. The van der Waals surface area contributed by atoms with Gasteiger partial charge in [0.2, 0.25) is 0 Å². The van der Waals surface area contributed by atoms with Crippen molar-refractivity contribution in [3.8, 4) is 0 Å². The summed E-state index contributed by atoms with van der Waals surface area (Å²) in [6, 6.07) is 1.92. The van der Waals surface area contributed by atoms with Crippen molar-refractivity contribution in [2.45, 2.75) is 20.3 Å². The predicted octanol–water partition coefficient (Wildman–Crippen LogP) is 1.12. The van der Waals surface area contributed by atoms with E-state index in [1.54, 1.807) is 10.7 Å². The first-order valence-corrected chi connectivity index (χ1v) is 7.36. The number of likely N-dealkylation sites (N-methyl/N-ethyl adjacent to an activating group) is 1. The van der Waals surface area contributed by atoms with Crippen LogP contribution in [0.25, 0.3) is 5.65 Å². The van der Waals surface area contributed by atoms with E-state index in [0.29, 0.717) is 5.56 Å². The maximum atomic E-state index is 12.8. The van der Waals surface area contributed by atoms with Crippen molar-refractivity contribution >= 4 is 11.6 Å². The second-order valence-electron chi connectivity index (χ2n) is 5.76. The molecule has 0 bridgehead atoms. The lowest BCUT2D eigenvalue weighted by atomic mass is 10.2. The Morgan fingerprint density at radius 2 is 2.00 bits per heavy atom. The number of nitrogens with zero attached hydrogens (tertiary/aromatic N) is 5. The summed E-state index contributed by atoms with van der Waals surface area (Å²) in [5, 5.41) is 4.41. The molecule has 0 aromatic carbocycles. The van der Waals surface area contributed by atoms with Gasteiger partial charge in [0.05, 0.1) is 17.0 Å². The van der Waals surface area contributed by atoms with E-state index in [9.17, 15) is 4.79 Å². The third-order valence-corrected chi connectivity index (χ3v) is 4.08. The number of carbonyl (C=O) groups excluding carboxylic acids is 1. The van der Waals surface area contributed by atoms with Gasteiger partial charge >= 0.3 is 0 Å². The molecule has 112 valence electrons. The van der Waals surface area contributed by atoms with Crippen LogP contribution in [0.3, 0.4) is 0 Å². The van der Waals surface area contributed by atoms with Crippen LogP contribution in [0, 0.1) is 13.8 Å². The third kappa shape index (κ3) is 2.63. The zero-order valence-electron chi connectivity index (χ0n) is 12.8. The minimum absolute atomic E-state index is 0.0605. The summed E-state index contributed by atoms with van der Waals surface area (Å²) in [5.41, 5.74) is 3.20. The average Bonchev–Trinajstić information content (AvgIpc) is 2.70. The second-order valence-corrected chi connectivity index (χ2v) is 5.76. The van der Waals surface area contributed by atoms with E-state index in [1.807, 2.05) is 24.8 Å². The molecule has 0 saturated carbocycles. The van der Waals surface area contributed by atoms with Crippen molar-refractivity contribution in [3.05, 3.63) is 29.2 Å². The largest absolute Gasteiger partial charge is 0.337 e. The molecule has 3 heterocycles. The molecule has 1 fully saturated rings. The smallest absolute Gasteiger partial charge is 0.257 e. The lowest BCUT2D eigenvalue weighted by Gasteiger charge is -2.21. The van der Waals surface area contributed by atoms with Crippen LogP contribution in [0.15, 0.2) is 12.3 Å². The van der Waals surface area contributed by atoms with Gasteiger partial charge in [0.15, 0.2) is 5.65 Å². The normalized spacial score (nSPS) is 17.2. The Kier molecular flexibility index (Phi) is 3.63. The maximum Gasteiger partial charge on any atom is 0.257 e. The number of amides is 1. The summed E-state index contributed by atoms with van der Waals surface area (Å²) in [7, 11) is 2.10. The number of carbonyl (C=O) groups is 1. The van der Waals surface area contributed by atoms with Crippen molar-refractivity contribution in [1.29, 1.82) is 0 Å². The monoisotopic (exact) mass is 287 g/mol. The Bertz CT molecular complexity index is 678. The van der Waals surface area contributed by atoms with Gasteiger partial charge in [0, 0.05) is 31.9 Å². The molecular weight excluding hydrogens is 266 g/mol. The molecule has 0 aliphatic carbocycles. The molecule has 3 rings (SSSR count). The number of aryl methyl sites for hydroxylation is 2. The molecule has 2 aromatic rings. The van der Waals surface area contributed by atoms with Gasteiger partial charge < -0.3 is 9.80 Å². The van der Waals surface area contributed by atoms with Crippen LogP contribution in [0.2, 0.25) is 0 Å². The van der Waals surface area contributed by atoms with Crippen molar-refractivity contribution in [2.24, 2.45) is 0 Å². The van der Waals surface area contributed by atoms with E-state index in [1.165, 1.54) is 0 Å². The SMILES string of the molecule is Cc1cc2ncc(C(=O)N3CCCN(C)CC3)c(C)n2n1. The molecule has 1 amide bonds. The van der Waals surface area contributed by atoms with E-state index in [-0.39, 0.29) is 5.91 Å². The van der Waals surface area contributed by atoms with Crippen LogP contribution in [-0.4, -0.2) is 63.5 Å². The van der Waals surface area contributed by atoms with Crippen molar-refractivity contribution in [2.75, 3.05) is 33.2 Å². The maximum absolute atomic E-state index is 12.8. The zero-order chi connectivity index (χ0) is 15.0. The number of aromatic nitrogens is 3. The topological polar surface area (TPSA) is 53.7 Å². The standard InChI is InChI=1S/C15H21N5O/c1-11-9-14-16-10-13(12(2)20(14)17-11)15(21)19-6-4-5-18(3)7-8-19/h9-10H,4-8H2,1-3H3. The van der Waals surface area contributed by atoms with E-state index in [4.69, 9.17) is 0 Å². The highest BCUT2D eigenvalue weighted by Crippen LogP contribution is 2.14. The third-order valence-electron chi connectivity index (χ3n) is 4.08. The minimum Gasteiger partial charge on any atom is -0.337 e. The van der Waals surface area contributed by atoms with Gasteiger partial charge in [-0.2, -0.15) is 5.10 Å². The average molecular weight is 287 g/mol. The van der Waals surface area contributed by atoms with Crippen LogP contribution >= 0.6 is 0 Å². The number of hydrogen-bond donors (Lipinski definition) is 0. The quantitative estimate of drug-likeness (QED) is 0.789. The highest BCUT2D eigenvalue weighted by molar-refractivity contribution is 5.95.